The first kappa shape index (κ1) is 17.1. The van der Waals surface area contributed by atoms with Crippen molar-refractivity contribution in [1.82, 2.24) is 0 Å². The molecule has 116 valence electrons. The molecule has 0 aliphatic heterocycles. The molecule has 4 heteroatoms. The third-order valence-corrected chi connectivity index (χ3v) is 2.92. The fourth-order valence-electron chi connectivity index (χ4n) is 1.91. The molecule has 0 unspecified atom stereocenters. The monoisotopic (exact) mass is 292 g/mol. The van der Waals surface area contributed by atoms with Gasteiger partial charge in [-0.2, -0.15) is 0 Å². The van der Waals surface area contributed by atoms with Crippen molar-refractivity contribution in [2.24, 2.45) is 0 Å². The maximum absolute atomic E-state index is 11.6. The fourth-order valence-corrected chi connectivity index (χ4v) is 1.91. The van der Waals surface area contributed by atoms with E-state index in [0.29, 0.717) is 24.7 Å². The molecule has 0 N–H and O–H groups in total. The summed E-state index contributed by atoms with van der Waals surface area (Å²) < 4.78 is 16.0. The molecule has 1 aromatic rings. The molecule has 0 heterocycles. The number of carbonyl (C=O) groups excluding carboxylic acids is 1. The predicted molar refractivity (Wildman–Crippen MR) is 82.9 cm³/mol. The molecule has 0 aliphatic rings. The standard InChI is InChI=1S/C17H24O4/c1-5-7-13(3)12-21-16-11-15(19-4)9-8-14(16)10-17(18)20-6-2/h7-9,11H,5-6,10,12H2,1-4H3/b13-7+. The highest BCUT2D eigenvalue weighted by molar-refractivity contribution is 5.73. The van der Waals surface area contributed by atoms with Crippen LogP contribution in [0.1, 0.15) is 32.8 Å². The maximum atomic E-state index is 11.6. The smallest absolute Gasteiger partial charge is 0.310 e. The Labute approximate surface area is 126 Å². The lowest BCUT2D eigenvalue weighted by Crippen LogP contribution is -2.10. The average molecular weight is 292 g/mol. The van der Waals surface area contributed by atoms with Crippen LogP contribution in [-0.4, -0.2) is 26.3 Å². The highest BCUT2D eigenvalue weighted by Crippen LogP contribution is 2.26. The van der Waals surface area contributed by atoms with E-state index in [1.54, 1.807) is 20.1 Å². The van der Waals surface area contributed by atoms with Gasteiger partial charge >= 0.3 is 5.97 Å². The summed E-state index contributed by atoms with van der Waals surface area (Å²) in [6.07, 6.45) is 3.29. The minimum atomic E-state index is -0.256. The van der Waals surface area contributed by atoms with Gasteiger partial charge in [0.2, 0.25) is 0 Å². The van der Waals surface area contributed by atoms with Gasteiger partial charge in [-0.25, -0.2) is 0 Å². The van der Waals surface area contributed by atoms with Gasteiger partial charge in [0.25, 0.3) is 0 Å². The zero-order valence-corrected chi connectivity index (χ0v) is 13.3. The molecule has 0 radical (unpaired) electrons. The lowest BCUT2D eigenvalue weighted by Gasteiger charge is -2.13. The number of ether oxygens (including phenoxy) is 3. The number of esters is 1. The van der Waals surface area contributed by atoms with Crippen molar-refractivity contribution in [3.63, 3.8) is 0 Å². The minimum Gasteiger partial charge on any atom is -0.497 e. The quantitative estimate of drug-likeness (QED) is 0.543. The molecule has 0 saturated carbocycles. The predicted octanol–water partition coefficient (Wildman–Crippen LogP) is 3.54. The molecule has 0 saturated heterocycles. The molecule has 4 nitrogen and oxygen atoms in total. The first-order valence-electron chi connectivity index (χ1n) is 7.21. The second-order valence-electron chi connectivity index (χ2n) is 4.70. The van der Waals surface area contributed by atoms with Crippen LogP contribution in [0.5, 0.6) is 11.5 Å². The molecule has 0 amide bonds. The Morgan fingerprint density at radius 3 is 2.67 bits per heavy atom. The third kappa shape index (κ3) is 5.90. The van der Waals surface area contributed by atoms with Crippen molar-refractivity contribution in [3.05, 3.63) is 35.4 Å². The molecule has 1 rings (SSSR count). The first-order valence-corrected chi connectivity index (χ1v) is 7.21. The summed E-state index contributed by atoms with van der Waals surface area (Å²) in [6, 6.07) is 5.45. The second kappa shape index (κ2) is 9.06. The number of methoxy groups -OCH3 is 1. The van der Waals surface area contributed by atoms with Crippen molar-refractivity contribution < 1.29 is 19.0 Å². The lowest BCUT2D eigenvalue weighted by atomic mass is 10.1. The molecule has 1 aromatic carbocycles. The van der Waals surface area contributed by atoms with Crippen LogP contribution in [0.3, 0.4) is 0 Å². The van der Waals surface area contributed by atoms with Gasteiger partial charge in [-0.05, 0) is 31.9 Å². The minimum absolute atomic E-state index is 0.198. The van der Waals surface area contributed by atoms with Gasteiger partial charge in [0.15, 0.2) is 0 Å². The van der Waals surface area contributed by atoms with E-state index in [9.17, 15) is 4.79 Å². The van der Waals surface area contributed by atoms with Crippen LogP contribution >= 0.6 is 0 Å². The Hall–Kier alpha value is -1.97. The number of hydrogen-bond donors (Lipinski definition) is 0. The molecule has 0 aromatic heterocycles. The summed E-state index contributed by atoms with van der Waals surface area (Å²) >= 11 is 0. The summed E-state index contributed by atoms with van der Waals surface area (Å²) in [5.41, 5.74) is 1.96. The van der Waals surface area contributed by atoms with Crippen molar-refractivity contribution in [2.45, 2.75) is 33.6 Å². The Morgan fingerprint density at radius 1 is 1.29 bits per heavy atom. The largest absolute Gasteiger partial charge is 0.497 e. The highest BCUT2D eigenvalue weighted by atomic mass is 16.5. The van der Waals surface area contributed by atoms with Crippen LogP contribution in [0, 0.1) is 0 Å². The van der Waals surface area contributed by atoms with Gasteiger partial charge in [-0.1, -0.05) is 19.1 Å². The summed E-state index contributed by atoms with van der Waals surface area (Å²) in [6.45, 7) is 6.78. The van der Waals surface area contributed by atoms with Crippen LogP contribution < -0.4 is 9.47 Å². The number of rotatable bonds is 8. The Kier molecular flexibility index (Phi) is 7.37. The second-order valence-corrected chi connectivity index (χ2v) is 4.70. The van der Waals surface area contributed by atoms with Gasteiger partial charge in [0.1, 0.15) is 18.1 Å². The van der Waals surface area contributed by atoms with Crippen LogP contribution in [0.4, 0.5) is 0 Å². The van der Waals surface area contributed by atoms with Crippen LogP contribution in [0.25, 0.3) is 0 Å². The topological polar surface area (TPSA) is 44.8 Å². The zero-order chi connectivity index (χ0) is 15.7. The van der Waals surface area contributed by atoms with Crippen LogP contribution in [-0.2, 0) is 16.0 Å². The van der Waals surface area contributed by atoms with Crippen LogP contribution in [0.15, 0.2) is 29.8 Å². The van der Waals surface area contributed by atoms with E-state index in [1.807, 2.05) is 19.1 Å². The Morgan fingerprint density at radius 2 is 2.05 bits per heavy atom. The summed E-state index contributed by atoms with van der Waals surface area (Å²) in [7, 11) is 1.60. The van der Waals surface area contributed by atoms with E-state index in [2.05, 4.69) is 13.0 Å². The fraction of sp³-hybridized carbons (Fsp3) is 0.471. The number of allylic oxidation sites excluding steroid dienone is 1. The maximum Gasteiger partial charge on any atom is 0.310 e. The van der Waals surface area contributed by atoms with Crippen molar-refractivity contribution in [1.29, 1.82) is 0 Å². The van der Waals surface area contributed by atoms with E-state index >= 15 is 0 Å². The van der Waals surface area contributed by atoms with Crippen LogP contribution in [0.2, 0.25) is 0 Å². The van der Waals surface area contributed by atoms with Gasteiger partial charge in [-0.15, -0.1) is 0 Å². The van der Waals surface area contributed by atoms with Gasteiger partial charge in [0, 0.05) is 11.6 Å². The van der Waals surface area contributed by atoms with E-state index in [1.165, 1.54) is 0 Å². The SMILES string of the molecule is CC/C=C(\C)COc1cc(OC)ccc1CC(=O)OCC. The number of benzene rings is 1. The first-order chi connectivity index (χ1) is 10.1. The summed E-state index contributed by atoms with van der Waals surface area (Å²) in [4.78, 5) is 11.6. The molecule has 0 fully saturated rings. The molecule has 21 heavy (non-hydrogen) atoms. The van der Waals surface area contributed by atoms with Gasteiger partial charge < -0.3 is 14.2 Å². The van der Waals surface area contributed by atoms with E-state index < -0.39 is 0 Å². The van der Waals surface area contributed by atoms with E-state index in [0.717, 1.165) is 17.6 Å². The number of hydrogen-bond acceptors (Lipinski definition) is 4. The third-order valence-electron chi connectivity index (χ3n) is 2.92. The summed E-state index contributed by atoms with van der Waals surface area (Å²) in [5, 5.41) is 0. The molecule has 0 bridgehead atoms. The van der Waals surface area contributed by atoms with Crippen molar-refractivity contribution in [2.75, 3.05) is 20.3 Å². The lowest BCUT2D eigenvalue weighted by molar-refractivity contribution is -0.142. The average Bonchev–Trinajstić information content (AvgIpc) is 2.46. The van der Waals surface area contributed by atoms with E-state index in [-0.39, 0.29) is 12.4 Å². The normalized spacial score (nSPS) is 11.1. The van der Waals surface area contributed by atoms with Crippen molar-refractivity contribution >= 4 is 5.97 Å². The van der Waals surface area contributed by atoms with Crippen molar-refractivity contribution in [3.8, 4) is 11.5 Å². The summed E-state index contributed by atoms with van der Waals surface area (Å²) in [5.74, 6) is 1.11. The molecule has 0 atom stereocenters. The highest BCUT2D eigenvalue weighted by Gasteiger charge is 2.11. The molecule has 0 aliphatic carbocycles. The molecular formula is C17H24O4. The zero-order valence-electron chi connectivity index (χ0n) is 13.3. The van der Waals surface area contributed by atoms with Gasteiger partial charge in [-0.3, -0.25) is 4.79 Å². The molecular weight excluding hydrogens is 268 g/mol. The molecule has 0 spiro atoms. The number of carbonyl (C=O) groups is 1. The Balaban J connectivity index is 2.86. The Bertz CT molecular complexity index is 492. The van der Waals surface area contributed by atoms with Gasteiger partial charge in [0.05, 0.1) is 20.1 Å². The van der Waals surface area contributed by atoms with E-state index in [4.69, 9.17) is 14.2 Å².